The standard InChI is InChI=1S/C24H25F3N2O4/c25-24(26,27)20-7-3-17(4-8-20)15-28-12-9-23(10-13-28)11-14-29(22(32)33-23)16-18-1-5-19(6-2-18)21(30)31/h1-8H,9-16H2,(H,30,31). The molecule has 2 heterocycles. The number of ether oxygens (including phenoxy) is 1. The fourth-order valence-electron chi connectivity index (χ4n) is 4.38. The number of alkyl halides is 3. The molecule has 0 aliphatic carbocycles. The van der Waals surface area contributed by atoms with Gasteiger partial charge in [0.1, 0.15) is 5.60 Å². The highest BCUT2D eigenvalue weighted by molar-refractivity contribution is 5.87. The van der Waals surface area contributed by atoms with Crippen LogP contribution in [-0.2, 0) is 24.0 Å². The van der Waals surface area contributed by atoms with Crippen LogP contribution >= 0.6 is 0 Å². The van der Waals surface area contributed by atoms with Crippen molar-refractivity contribution in [2.45, 2.75) is 44.1 Å². The lowest BCUT2D eigenvalue weighted by Gasteiger charge is -2.46. The predicted octanol–water partition coefficient (Wildman–Crippen LogP) is 4.78. The van der Waals surface area contributed by atoms with Crippen molar-refractivity contribution < 1.29 is 32.6 Å². The number of aromatic carboxylic acids is 1. The number of carbonyl (C=O) groups is 2. The van der Waals surface area contributed by atoms with Crippen molar-refractivity contribution in [3.05, 3.63) is 70.8 Å². The first-order valence-corrected chi connectivity index (χ1v) is 10.8. The SMILES string of the molecule is O=C(O)c1ccc(CN2CCC3(CCN(Cc4ccc(C(F)(F)F)cc4)CC3)OC2=O)cc1. The third-order valence-corrected chi connectivity index (χ3v) is 6.43. The fraction of sp³-hybridized carbons (Fsp3) is 0.417. The number of rotatable bonds is 5. The quantitative estimate of drug-likeness (QED) is 0.693. The van der Waals surface area contributed by atoms with Crippen molar-refractivity contribution in [1.82, 2.24) is 9.80 Å². The zero-order chi connectivity index (χ0) is 23.6. The number of halogens is 3. The molecule has 4 rings (SSSR count). The molecule has 0 unspecified atom stereocenters. The van der Waals surface area contributed by atoms with E-state index in [-0.39, 0.29) is 11.7 Å². The minimum Gasteiger partial charge on any atom is -0.478 e. The lowest BCUT2D eigenvalue weighted by atomic mass is 9.86. The summed E-state index contributed by atoms with van der Waals surface area (Å²) in [5, 5.41) is 8.99. The molecule has 0 aromatic heterocycles. The Balaban J connectivity index is 1.28. The molecule has 2 saturated heterocycles. The topological polar surface area (TPSA) is 70.1 Å². The Morgan fingerprint density at radius 1 is 0.909 bits per heavy atom. The maximum absolute atomic E-state index is 12.7. The Hall–Kier alpha value is -3.07. The largest absolute Gasteiger partial charge is 0.478 e. The highest BCUT2D eigenvalue weighted by atomic mass is 19.4. The van der Waals surface area contributed by atoms with Gasteiger partial charge in [0.25, 0.3) is 0 Å². The maximum atomic E-state index is 12.7. The van der Waals surface area contributed by atoms with Crippen molar-refractivity contribution in [2.24, 2.45) is 0 Å². The average Bonchev–Trinajstić information content (AvgIpc) is 2.78. The molecule has 176 valence electrons. The summed E-state index contributed by atoms with van der Waals surface area (Å²) in [4.78, 5) is 27.4. The average molecular weight is 462 g/mol. The number of nitrogens with zero attached hydrogens (tertiary/aromatic N) is 2. The molecule has 1 amide bonds. The lowest BCUT2D eigenvalue weighted by Crippen LogP contribution is -2.54. The van der Waals surface area contributed by atoms with E-state index in [0.717, 1.165) is 23.3 Å². The number of piperidine rings is 1. The summed E-state index contributed by atoms with van der Waals surface area (Å²) in [6, 6.07) is 11.6. The number of hydrogen-bond acceptors (Lipinski definition) is 4. The Morgan fingerprint density at radius 2 is 1.45 bits per heavy atom. The summed E-state index contributed by atoms with van der Waals surface area (Å²) in [5.41, 5.74) is 0.693. The van der Waals surface area contributed by atoms with Crippen LogP contribution in [-0.4, -0.2) is 52.2 Å². The molecule has 6 nitrogen and oxygen atoms in total. The number of benzene rings is 2. The fourth-order valence-corrected chi connectivity index (χ4v) is 4.38. The molecule has 33 heavy (non-hydrogen) atoms. The van der Waals surface area contributed by atoms with E-state index in [1.807, 2.05) is 0 Å². The van der Waals surface area contributed by atoms with Crippen molar-refractivity contribution in [3.63, 3.8) is 0 Å². The maximum Gasteiger partial charge on any atom is 0.416 e. The molecule has 0 radical (unpaired) electrons. The number of carbonyl (C=O) groups excluding carboxylic acids is 1. The number of hydrogen-bond donors (Lipinski definition) is 1. The number of carboxylic acid groups (broad SMARTS) is 1. The van der Waals surface area contributed by atoms with Gasteiger partial charge in [-0.1, -0.05) is 24.3 Å². The normalized spacial score (nSPS) is 18.9. The number of likely N-dealkylation sites (tertiary alicyclic amines) is 1. The van der Waals surface area contributed by atoms with Crippen LogP contribution in [0.2, 0.25) is 0 Å². The van der Waals surface area contributed by atoms with E-state index in [9.17, 15) is 22.8 Å². The smallest absolute Gasteiger partial charge is 0.416 e. The molecule has 9 heteroatoms. The van der Waals surface area contributed by atoms with E-state index in [4.69, 9.17) is 9.84 Å². The molecule has 1 spiro atoms. The van der Waals surface area contributed by atoms with Crippen molar-refractivity contribution >= 4 is 12.1 Å². The summed E-state index contributed by atoms with van der Waals surface area (Å²) >= 11 is 0. The molecule has 2 aliphatic heterocycles. The van der Waals surface area contributed by atoms with Gasteiger partial charge in [0.15, 0.2) is 0 Å². The molecule has 2 aromatic carbocycles. The van der Waals surface area contributed by atoms with Crippen molar-refractivity contribution in [2.75, 3.05) is 19.6 Å². The van der Waals surface area contributed by atoms with Crippen LogP contribution in [0, 0.1) is 0 Å². The van der Waals surface area contributed by atoms with Crippen molar-refractivity contribution in [1.29, 1.82) is 0 Å². The predicted molar refractivity (Wildman–Crippen MR) is 114 cm³/mol. The summed E-state index contributed by atoms with van der Waals surface area (Å²) in [5.74, 6) is -0.995. The number of amides is 1. The van der Waals surface area contributed by atoms with Gasteiger partial charge in [-0.3, -0.25) is 4.90 Å². The molecule has 0 saturated carbocycles. The van der Waals surface area contributed by atoms with E-state index >= 15 is 0 Å². The Kier molecular flexibility index (Phi) is 6.34. The first kappa shape index (κ1) is 23.1. The van der Waals surface area contributed by atoms with Crippen LogP contribution < -0.4 is 0 Å². The first-order valence-electron chi connectivity index (χ1n) is 10.8. The van der Waals surface area contributed by atoms with Gasteiger partial charge in [-0.05, 0) is 35.4 Å². The zero-order valence-corrected chi connectivity index (χ0v) is 18.0. The monoisotopic (exact) mass is 462 g/mol. The first-order chi connectivity index (χ1) is 15.6. The molecular formula is C24H25F3N2O4. The summed E-state index contributed by atoms with van der Waals surface area (Å²) in [6.45, 7) is 2.86. The van der Waals surface area contributed by atoms with Gasteiger partial charge >= 0.3 is 18.2 Å². The second-order valence-corrected chi connectivity index (χ2v) is 8.70. The van der Waals surface area contributed by atoms with Gasteiger partial charge in [0.2, 0.25) is 0 Å². The van der Waals surface area contributed by atoms with E-state index < -0.39 is 23.3 Å². The van der Waals surface area contributed by atoms with Gasteiger partial charge < -0.3 is 14.7 Å². The minimum atomic E-state index is -4.34. The van der Waals surface area contributed by atoms with Crippen LogP contribution in [0.25, 0.3) is 0 Å². The van der Waals surface area contributed by atoms with Gasteiger partial charge in [0.05, 0.1) is 11.1 Å². The zero-order valence-electron chi connectivity index (χ0n) is 18.0. The molecule has 1 N–H and O–H groups in total. The highest BCUT2D eigenvalue weighted by Crippen LogP contribution is 2.35. The molecule has 2 aromatic rings. The van der Waals surface area contributed by atoms with Gasteiger partial charge in [0, 0.05) is 52.0 Å². The Labute approximate surface area is 189 Å². The van der Waals surface area contributed by atoms with Crippen LogP contribution in [0.3, 0.4) is 0 Å². The molecule has 2 fully saturated rings. The van der Waals surface area contributed by atoms with E-state index in [1.165, 1.54) is 24.3 Å². The Bertz CT molecular complexity index is 998. The second-order valence-electron chi connectivity index (χ2n) is 8.70. The van der Waals surface area contributed by atoms with Crippen LogP contribution in [0.4, 0.5) is 18.0 Å². The van der Waals surface area contributed by atoms with Crippen molar-refractivity contribution in [3.8, 4) is 0 Å². The second kappa shape index (κ2) is 9.05. The molecule has 0 bridgehead atoms. The highest BCUT2D eigenvalue weighted by Gasteiger charge is 2.43. The summed E-state index contributed by atoms with van der Waals surface area (Å²) in [6.07, 6.45) is -2.64. The summed E-state index contributed by atoms with van der Waals surface area (Å²) < 4.78 is 44.0. The third-order valence-electron chi connectivity index (χ3n) is 6.43. The van der Waals surface area contributed by atoms with Gasteiger partial charge in [-0.15, -0.1) is 0 Å². The molecular weight excluding hydrogens is 437 g/mol. The summed E-state index contributed by atoms with van der Waals surface area (Å²) in [7, 11) is 0. The van der Waals surface area contributed by atoms with E-state index in [1.54, 1.807) is 17.0 Å². The van der Waals surface area contributed by atoms with Crippen LogP contribution in [0.5, 0.6) is 0 Å². The van der Waals surface area contributed by atoms with Gasteiger partial charge in [-0.25, -0.2) is 9.59 Å². The van der Waals surface area contributed by atoms with Crippen LogP contribution in [0.1, 0.15) is 46.3 Å². The Morgan fingerprint density at radius 3 is 2.00 bits per heavy atom. The minimum absolute atomic E-state index is 0.196. The third kappa shape index (κ3) is 5.47. The molecule has 0 atom stereocenters. The number of carboxylic acids is 1. The van der Waals surface area contributed by atoms with E-state index in [2.05, 4.69) is 4.90 Å². The lowest BCUT2D eigenvalue weighted by molar-refractivity contribution is -0.137. The van der Waals surface area contributed by atoms with Crippen LogP contribution in [0.15, 0.2) is 48.5 Å². The van der Waals surface area contributed by atoms with Gasteiger partial charge in [-0.2, -0.15) is 13.2 Å². The van der Waals surface area contributed by atoms with E-state index in [0.29, 0.717) is 52.0 Å². The molecule has 2 aliphatic rings.